The zero-order chi connectivity index (χ0) is 26.2. The van der Waals surface area contributed by atoms with Crippen molar-refractivity contribution < 1.29 is 23.9 Å². The number of imidazole rings is 3. The molecular weight excluding hydrogens is 480 g/mol. The van der Waals surface area contributed by atoms with E-state index in [2.05, 4.69) is 34.6 Å². The molecule has 5 aromatic rings. The van der Waals surface area contributed by atoms with Crippen LogP contribution in [0.4, 0.5) is 0 Å². The fourth-order valence-corrected chi connectivity index (χ4v) is 3.18. The molecule has 0 aliphatic heterocycles. The van der Waals surface area contributed by atoms with Gasteiger partial charge in [-0.1, -0.05) is 17.3 Å². The van der Waals surface area contributed by atoms with Gasteiger partial charge in [-0.3, -0.25) is 8.80 Å². The van der Waals surface area contributed by atoms with Crippen molar-refractivity contribution in [2.45, 2.75) is 0 Å². The highest BCUT2D eigenvalue weighted by Gasteiger charge is 2.13. The summed E-state index contributed by atoms with van der Waals surface area (Å²) in [6.07, 6.45) is 10.6. The van der Waals surface area contributed by atoms with Crippen LogP contribution in [0.2, 0.25) is 0 Å². The molecule has 0 aliphatic carbocycles. The number of aromatic amines is 1. The van der Waals surface area contributed by atoms with E-state index in [0.29, 0.717) is 17.2 Å². The maximum Gasteiger partial charge on any atom is 0.356 e. The van der Waals surface area contributed by atoms with Crippen molar-refractivity contribution >= 4 is 29.1 Å². The molecule has 0 fully saturated rings. The van der Waals surface area contributed by atoms with E-state index in [-0.39, 0.29) is 5.84 Å². The molecule has 0 saturated heterocycles. The number of nitrogens with zero attached hydrogens (tertiary/aromatic N) is 6. The van der Waals surface area contributed by atoms with Gasteiger partial charge in [-0.2, -0.15) is 0 Å². The Hall–Kier alpha value is -5.46. The Kier molecular flexibility index (Phi) is 7.54. The highest BCUT2D eigenvalue weighted by atomic mass is 16.6. The van der Waals surface area contributed by atoms with Crippen molar-refractivity contribution in [2.75, 3.05) is 14.2 Å². The molecule has 0 unspecified atom stereocenters. The first-order chi connectivity index (χ1) is 18.0. The van der Waals surface area contributed by atoms with E-state index in [0.717, 1.165) is 29.3 Å². The number of nitrogens with one attached hydrogen (secondary N) is 1. The first-order valence-corrected chi connectivity index (χ1v) is 10.7. The Morgan fingerprint density at radius 2 is 1.65 bits per heavy atom. The zero-order valence-electron chi connectivity index (χ0n) is 19.8. The number of amidine groups is 1. The molecule has 13 heteroatoms. The maximum absolute atomic E-state index is 11.3. The highest BCUT2D eigenvalue weighted by molar-refractivity contribution is 5.96. The minimum Gasteiger partial charge on any atom is -0.466 e. The van der Waals surface area contributed by atoms with Gasteiger partial charge in [0.1, 0.15) is 34.6 Å². The average molecular weight is 502 g/mol. The predicted molar refractivity (Wildman–Crippen MR) is 132 cm³/mol. The number of carbonyl (C=O) groups excluding carboxylic acids is 2. The Morgan fingerprint density at radius 3 is 2.38 bits per heavy atom. The Balaban J connectivity index is 0.000000173. The van der Waals surface area contributed by atoms with Crippen LogP contribution in [0.1, 0.15) is 16.2 Å². The van der Waals surface area contributed by atoms with Crippen molar-refractivity contribution in [3.63, 3.8) is 0 Å². The third-order valence-electron chi connectivity index (χ3n) is 4.94. The van der Waals surface area contributed by atoms with Gasteiger partial charge in [-0.15, -0.1) is 0 Å². The van der Waals surface area contributed by atoms with Crippen molar-refractivity contribution in [1.82, 2.24) is 28.7 Å². The molecule has 3 N–H and O–H groups in total. The zero-order valence-corrected chi connectivity index (χ0v) is 19.8. The summed E-state index contributed by atoms with van der Waals surface area (Å²) in [5.74, 6) is -0.256. The molecule has 5 heterocycles. The number of aromatic nitrogens is 6. The molecule has 0 radical (unpaired) electrons. The standard InChI is InChI=1S/C12H12N4O3.C12H10N4O2/c1-18-11(17)5-7-19-15-12(13)9-8-14-10-4-2-3-6-16(9)10;1-18-12(17)8-6-14-11(15-8)9-7-13-10-4-2-3-5-16(9)10/h2-8H,1H3,(H2,13,15);2-7H,1H3,(H,14,15)/b7-5+;. The second kappa shape index (κ2) is 11.3. The molecule has 0 amide bonds. The first-order valence-electron chi connectivity index (χ1n) is 10.7. The number of oxime groups is 1. The van der Waals surface area contributed by atoms with E-state index in [9.17, 15) is 9.59 Å². The predicted octanol–water partition coefficient (Wildman–Crippen LogP) is 2.17. The smallest absolute Gasteiger partial charge is 0.356 e. The van der Waals surface area contributed by atoms with Crippen LogP contribution in [0.3, 0.4) is 0 Å². The molecule has 0 aliphatic rings. The van der Waals surface area contributed by atoms with Gasteiger partial charge in [0, 0.05) is 12.4 Å². The summed E-state index contributed by atoms with van der Waals surface area (Å²) in [4.78, 5) is 42.4. The topological polar surface area (TPSA) is 163 Å². The van der Waals surface area contributed by atoms with Gasteiger partial charge < -0.3 is 25.0 Å². The SMILES string of the molecule is COC(=O)/C=C/ON=C(N)c1cnc2ccccn12.COC(=O)c1cnc(-c2cnc3ccccn23)[nH]1. The van der Waals surface area contributed by atoms with Crippen LogP contribution >= 0.6 is 0 Å². The van der Waals surface area contributed by atoms with Gasteiger partial charge in [0.2, 0.25) is 0 Å². The first kappa shape index (κ1) is 24.7. The molecule has 0 spiro atoms. The van der Waals surface area contributed by atoms with Gasteiger partial charge in [0.05, 0.1) is 38.9 Å². The van der Waals surface area contributed by atoms with Crippen LogP contribution in [0.5, 0.6) is 0 Å². The number of H-pyrrole nitrogens is 1. The number of nitrogens with two attached hydrogens (primary N) is 1. The van der Waals surface area contributed by atoms with Crippen LogP contribution in [0, 0.1) is 0 Å². The lowest BCUT2D eigenvalue weighted by atomic mass is 10.4. The van der Waals surface area contributed by atoms with Crippen LogP contribution in [0.15, 0.2) is 84.9 Å². The summed E-state index contributed by atoms with van der Waals surface area (Å²) in [6, 6.07) is 11.3. The average Bonchev–Trinajstić information content (AvgIpc) is 3.68. The molecule has 188 valence electrons. The lowest BCUT2D eigenvalue weighted by molar-refractivity contribution is -0.135. The molecule has 5 aromatic heterocycles. The number of hydrogen-bond acceptors (Lipinski definition) is 9. The largest absolute Gasteiger partial charge is 0.466 e. The molecule has 0 saturated carbocycles. The van der Waals surface area contributed by atoms with E-state index >= 15 is 0 Å². The van der Waals surface area contributed by atoms with Crippen LogP contribution in [0.25, 0.3) is 22.8 Å². The number of ether oxygens (including phenoxy) is 2. The van der Waals surface area contributed by atoms with Gasteiger partial charge >= 0.3 is 11.9 Å². The van der Waals surface area contributed by atoms with Crippen molar-refractivity contribution in [3.05, 3.63) is 91.1 Å². The van der Waals surface area contributed by atoms with Gasteiger partial charge in [0.15, 0.2) is 11.7 Å². The van der Waals surface area contributed by atoms with Crippen LogP contribution in [-0.2, 0) is 19.1 Å². The van der Waals surface area contributed by atoms with E-state index in [1.54, 1.807) is 16.8 Å². The molecular formula is C24H22N8O5. The summed E-state index contributed by atoms with van der Waals surface area (Å²) >= 11 is 0. The monoisotopic (exact) mass is 502 g/mol. The molecule has 37 heavy (non-hydrogen) atoms. The number of methoxy groups -OCH3 is 2. The lowest BCUT2D eigenvalue weighted by Crippen LogP contribution is -2.15. The number of rotatable bonds is 6. The number of hydrogen-bond donors (Lipinski definition) is 2. The van der Waals surface area contributed by atoms with Crippen molar-refractivity contribution in [2.24, 2.45) is 10.9 Å². The number of carbonyl (C=O) groups is 2. The second-order valence-corrected chi connectivity index (χ2v) is 7.19. The Morgan fingerprint density at radius 1 is 0.946 bits per heavy atom. The Labute approximate surface area is 209 Å². The van der Waals surface area contributed by atoms with Gasteiger partial charge in [-0.25, -0.2) is 24.5 Å². The highest BCUT2D eigenvalue weighted by Crippen LogP contribution is 2.17. The van der Waals surface area contributed by atoms with Gasteiger partial charge in [-0.05, 0) is 24.3 Å². The number of pyridine rings is 2. The molecule has 0 atom stereocenters. The third-order valence-corrected chi connectivity index (χ3v) is 4.94. The summed E-state index contributed by atoms with van der Waals surface area (Å²) in [5, 5.41) is 3.66. The molecule has 5 rings (SSSR count). The number of fused-ring (bicyclic) bond motifs is 2. The van der Waals surface area contributed by atoms with E-state index in [1.165, 1.54) is 20.4 Å². The third kappa shape index (κ3) is 5.62. The van der Waals surface area contributed by atoms with Crippen LogP contribution < -0.4 is 5.73 Å². The minimum absolute atomic E-state index is 0.146. The molecule has 0 bridgehead atoms. The van der Waals surface area contributed by atoms with E-state index < -0.39 is 11.9 Å². The normalized spacial score (nSPS) is 11.4. The fraction of sp³-hybridized carbons (Fsp3) is 0.0833. The second-order valence-electron chi connectivity index (χ2n) is 7.19. The van der Waals surface area contributed by atoms with Crippen molar-refractivity contribution in [3.8, 4) is 11.5 Å². The Bertz CT molecular complexity index is 1600. The van der Waals surface area contributed by atoms with Crippen LogP contribution in [-0.4, -0.2) is 60.7 Å². The minimum atomic E-state index is -0.538. The lowest BCUT2D eigenvalue weighted by Gasteiger charge is -1.99. The van der Waals surface area contributed by atoms with Gasteiger partial charge in [0.25, 0.3) is 0 Å². The van der Waals surface area contributed by atoms with Crippen molar-refractivity contribution in [1.29, 1.82) is 0 Å². The van der Waals surface area contributed by atoms with E-state index in [1.807, 2.05) is 53.2 Å². The summed E-state index contributed by atoms with van der Waals surface area (Å²) in [5.41, 5.74) is 9.05. The summed E-state index contributed by atoms with van der Waals surface area (Å²) < 4.78 is 12.7. The van der Waals surface area contributed by atoms with E-state index in [4.69, 9.17) is 10.6 Å². The maximum atomic E-state index is 11.3. The fourth-order valence-electron chi connectivity index (χ4n) is 3.18. The summed E-state index contributed by atoms with van der Waals surface area (Å²) in [7, 11) is 2.60. The number of esters is 2. The molecule has 13 nitrogen and oxygen atoms in total. The quantitative estimate of drug-likeness (QED) is 0.0884. The molecule has 0 aromatic carbocycles. The summed E-state index contributed by atoms with van der Waals surface area (Å²) in [6.45, 7) is 0.